The number of sulfonamides is 1. The average molecular weight is 408 g/mol. The summed E-state index contributed by atoms with van der Waals surface area (Å²) in [5, 5.41) is 4.80. The third-order valence-corrected chi connectivity index (χ3v) is 8.29. The summed E-state index contributed by atoms with van der Waals surface area (Å²) < 4.78 is 27.1. The summed E-state index contributed by atoms with van der Waals surface area (Å²) in [4.78, 5) is 14.7. The number of thiophene rings is 1. The van der Waals surface area contributed by atoms with E-state index in [1.54, 1.807) is 17.5 Å². The van der Waals surface area contributed by atoms with Crippen LogP contribution in [0.25, 0.3) is 0 Å². The summed E-state index contributed by atoms with van der Waals surface area (Å²) in [6.45, 7) is 7.66. The molecule has 8 heteroatoms. The monoisotopic (exact) mass is 407 g/mol. The van der Waals surface area contributed by atoms with E-state index in [1.165, 1.54) is 15.6 Å². The van der Waals surface area contributed by atoms with E-state index in [9.17, 15) is 13.2 Å². The number of hydrogen-bond acceptors (Lipinski definition) is 5. The van der Waals surface area contributed by atoms with Crippen molar-refractivity contribution in [3.63, 3.8) is 0 Å². The molecule has 1 aliphatic rings. The van der Waals surface area contributed by atoms with Gasteiger partial charge < -0.3 is 5.32 Å². The molecule has 1 aliphatic heterocycles. The van der Waals surface area contributed by atoms with Gasteiger partial charge in [-0.15, -0.1) is 11.3 Å². The van der Waals surface area contributed by atoms with Crippen LogP contribution in [0.5, 0.6) is 0 Å². The first-order chi connectivity index (χ1) is 12.8. The molecular formula is C19H25N3O3S2. The molecule has 0 unspecified atom stereocenters. The van der Waals surface area contributed by atoms with E-state index in [-0.39, 0.29) is 11.9 Å². The van der Waals surface area contributed by atoms with E-state index in [0.717, 1.165) is 16.8 Å². The van der Waals surface area contributed by atoms with Crippen molar-refractivity contribution in [1.82, 2.24) is 9.21 Å². The van der Waals surface area contributed by atoms with E-state index < -0.39 is 10.0 Å². The highest BCUT2D eigenvalue weighted by atomic mass is 32.2. The Morgan fingerprint density at radius 3 is 2.26 bits per heavy atom. The molecule has 0 bridgehead atoms. The van der Waals surface area contributed by atoms with Gasteiger partial charge >= 0.3 is 0 Å². The van der Waals surface area contributed by atoms with Crippen LogP contribution < -0.4 is 5.32 Å². The Kier molecular flexibility index (Phi) is 6.00. The number of carbonyl (C=O) groups is 1. The van der Waals surface area contributed by atoms with E-state index in [0.29, 0.717) is 30.4 Å². The molecule has 1 aromatic carbocycles. The van der Waals surface area contributed by atoms with Gasteiger partial charge in [0.1, 0.15) is 4.21 Å². The van der Waals surface area contributed by atoms with E-state index in [2.05, 4.69) is 5.32 Å². The lowest BCUT2D eigenvalue weighted by atomic mass is 10.1. The van der Waals surface area contributed by atoms with Crippen molar-refractivity contribution in [3.8, 4) is 0 Å². The SMILES string of the molecule is Cc1cccc(C)c1NC(=O)[C@@H](C)N1CCN(S(=O)(=O)c2cccs2)CC1. The third kappa shape index (κ3) is 4.24. The van der Waals surface area contributed by atoms with Crippen molar-refractivity contribution in [2.24, 2.45) is 0 Å². The maximum Gasteiger partial charge on any atom is 0.252 e. The average Bonchev–Trinajstić information content (AvgIpc) is 3.20. The first-order valence-corrected chi connectivity index (χ1v) is 11.3. The number of piperazine rings is 1. The number of carbonyl (C=O) groups excluding carboxylic acids is 1. The van der Waals surface area contributed by atoms with Crippen LogP contribution >= 0.6 is 11.3 Å². The van der Waals surface area contributed by atoms with Gasteiger partial charge in [-0.25, -0.2) is 8.42 Å². The third-order valence-electron chi connectivity index (χ3n) is 5.02. The largest absolute Gasteiger partial charge is 0.324 e. The predicted molar refractivity (Wildman–Crippen MR) is 109 cm³/mol. The molecule has 1 fully saturated rings. The molecule has 1 N–H and O–H groups in total. The Morgan fingerprint density at radius 1 is 1.07 bits per heavy atom. The molecule has 3 rings (SSSR count). The Bertz CT molecular complexity index is 882. The van der Waals surface area contributed by atoms with Crippen LogP contribution in [0.2, 0.25) is 0 Å². The van der Waals surface area contributed by atoms with Crippen molar-refractivity contribution in [3.05, 3.63) is 46.8 Å². The standard InChI is InChI=1S/C19H25N3O3S2/c1-14-6-4-7-15(2)18(14)20-19(23)16(3)21-9-11-22(12-10-21)27(24,25)17-8-5-13-26-17/h4-8,13,16H,9-12H2,1-3H3,(H,20,23)/t16-/m1/s1. The second-order valence-corrected chi connectivity index (χ2v) is 9.92. The number of hydrogen-bond donors (Lipinski definition) is 1. The number of amides is 1. The normalized spacial score (nSPS) is 17.6. The van der Waals surface area contributed by atoms with Gasteiger partial charge in [0.15, 0.2) is 0 Å². The minimum absolute atomic E-state index is 0.0676. The summed E-state index contributed by atoms with van der Waals surface area (Å²) in [5.41, 5.74) is 2.91. The molecule has 1 aromatic heterocycles. The van der Waals surface area contributed by atoms with Crippen molar-refractivity contribution in [2.75, 3.05) is 31.5 Å². The molecule has 0 radical (unpaired) electrons. The fourth-order valence-electron chi connectivity index (χ4n) is 3.27. The molecule has 1 amide bonds. The van der Waals surface area contributed by atoms with Crippen molar-refractivity contribution < 1.29 is 13.2 Å². The minimum Gasteiger partial charge on any atom is -0.324 e. The predicted octanol–water partition coefficient (Wildman–Crippen LogP) is 2.70. The summed E-state index contributed by atoms with van der Waals surface area (Å²) in [5.74, 6) is -0.0676. The second-order valence-electron chi connectivity index (χ2n) is 6.80. The van der Waals surface area contributed by atoms with Gasteiger partial charge in [0.05, 0.1) is 6.04 Å². The van der Waals surface area contributed by atoms with Crippen molar-refractivity contribution in [2.45, 2.75) is 31.0 Å². The zero-order chi connectivity index (χ0) is 19.6. The first kappa shape index (κ1) is 20.0. The number of nitrogens with zero attached hydrogens (tertiary/aromatic N) is 2. The smallest absolute Gasteiger partial charge is 0.252 e. The highest BCUT2D eigenvalue weighted by Crippen LogP contribution is 2.23. The first-order valence-electron chi connectivity index (χ1n) is 8.95. The summed E-state index contributed by atoms with van der Waals surface area (Å²) in [7, 11) is -3.42. The van der Waals surface area contributed by atoms with Crippen LogP contribution in [0.4, 0.5) is 5.69 Å². The minimum atomic E-state index is -3.42. The van der Waals surface area contributed by atoms with E-state index >= 15 is 0 Å². The van der Waals surface area contributed by atoms with Gasteiger partial charge in [-0.1, -0.05) is 24.3 Å². The molecule has 0 spiro atoms. The van der Waals surface area contributed by atoms with Crippen LogP contribution in [0.15, 0.2) is 39.9 Å². The lowest BCUT2D eigenvalue weighted by Gasteiger charge is -2.36. The lowest BCUT2D eigenvalue weighted by molar-refractivity contribution is -0.121. The van der Waals surface area contributed by atoms with Gasteiger partial charge in [-0.05, 0) is 43.3 Å². The number of aryl methyl sites for hydroxylation is 2. The van der Waals surface area contributed by atoms with Crippen LogP contribution in [-0.4, -0.2) is 55.8 Å². The maximum absolute atomic E-state index is 12.7. The summed E-state index contributed by atoms with van der Waals surface area (Å²) in [6, 6.07) is 8.97. The molecule has 1 atom stereocenters. The van der Waals surface area contributed by atoms with Crippen molar-refractivity contribution in [1.29, 1.82) is 0 Å². The number of nitrogens with one attached hydrogen (secondary N) is 1. The summed E-state index contributed by atoms with van der Waals surface area (Å²) in [6.07, 6.45) is 0. The number of benzene rings is 1. The van der Waals surface area contributed by atoms with Gasteiger partial charge in [-0.3, -0.25) is 9.69 Å². The molecule has 2 aromatic rings. The lowest BCUT2D eigenvalue weighted by Crippen LogP contribution is -2.53. The van der Waals surface area contributed by atoms with Gasteiger partial charge in [0.25, 0.3) is 10.0 Å². The molecule has 146 valence electrons. The topological polar surface area (TPSA) is 69.7 Å². The number of rotatable bonds is 5. The molecule has 0 saturated carbocycles. The Hall–Kier alpha value is -1.74. The maximum atomic E-state index is 12.7. The van der Waals surface area contributed by atoms with E-state index in [1.807, 2.05) is 43.9 Å². The van der Waals surface area contributed by atoms with Crippen LogP contribution in [-0.2, 0) is 14.8 Å². The summed E-state index contributed by atoms with van der Waals surface area (Å²) >= 11 is 1.23. The molecule has 6 nitrogen and oxygen atoms in total. The highest BCUT2D eigenvalue weighted by Gasteiger charge is 2.32. The zero-order valence-corrected chi connectivity index (χ0v) is 17.4. The Morgan fingerprint density at radius 2 is 1.70 bits per heavy atom. The fraction of sp³-hybridized carbons (Fsp3) is 0.421. The molecule has 27 heavy (non-hydrogen) atoms. The molecule has 0 aliphatic carbocycles. The zero-order valence-electron chi connectivity index (χ0n) is 15.8. The van der Waals surface area contributed by atoms with Gasteiger partial charge in [0, 0.05) is 31.9 Å². The number of anilines is 1. The fourth-order valence-corrected chi connectivity index (χ4v) is 5.84. The Labute approximate surface area is 164 Å². The van der Waals surface area contributed by atoms with E-state index in [4.69, 9.17) is 0 Å². The quantitative estimate of drug-likeness (QED) is 0.827. The molecular weight excluding hydrogens is 382 g/mol. The Balaban J connectivity index is 1.61. The van der Waals surface area contributed by atoms with Gasteiger partial charge in [-0.2, -0.15) is 4.31 Å². The molecule has 1 saturated heterocycles. The number of para-hydroxylation sites is 1. The van der Waals surface area contributed by atoms with Crippen LogP contribution in [0.1, 0.15) is 18.1 Å². The molecule has 2 heterocycles. The van der Waals surface area contributed by atoms with Gasteiger partial charge in [0.2, 0.25) is 5.91 Å². The van der Waals surface area contributed by atoms with Crippen molar-refractivity contribution >= 4 is 33.0 Å². The highest BCUT2D eigenvalue weighted by molar-refractivity contribution is 7.91. The second kappa shape index (κ2) is 8.10. The van der Waals surface area contributed by atoms with Crippen LogP contribution in [0, 0.1) is 13.8 Å². The van der Waals surface area contributed by atoms with Crippen LogP contribution in [0.3, 0.4) is 0 Å².